The summed E-state index contributed by atoms with van der Waals surface area (Å²) in [5.41, 5.74) is 8.85. The lowest BCUT2D eigenvalue weighted by atomic mass is 10.1. The number of anilines is 3. The van der Waals surface area contributed by atoms with Crippen molar-refractivity contribution in [1.29, 1.82) is 0 Å². The minimum atomic E-state index is 0.130. The average molecular weight is 373 g/mol. The lowest BCUT2D eigenvalue weighted by molar-refractivity contribution is 0.554. The Kier molecular flexibility index (Phi) is 4.87. The van der Waals surface area contributed by atoms with Gasteiger partial charge in [0.05, 0.1) is 0 Å². The van der Waals surface area contributed by atoms with Crippen LogP contribution < -0.4 is 11.1 Å². The van der Waals surface area contributed by atoms with Crippen LogP contribution in [0.15, 0.2) is 54.6 Å². The van der Waals surface area contributed by atoms with E-state index in [0.29, 0.717) is 17.6 Å². The molecule has 2 heterocycles. The lowest BCUT2D eigenvalue weighted by Crippen LogP contribution is -2.12. The van der Waals surface area contributed by atoms with Gasteiger partial charge in [0.2, 0.25) is 17.7 Å². The number of rotatable bonds is 6. The molecule has 0 unspecified atom stereocenters. The quantitative estimate of drug-likeness (QED) is 0.529. The van der Waals surface area contributed by atoms with Crippen LogP contribution in [-0.4, -0.2) is 35.2 Å². The van der Waals surface area contributed by atoms with Gasteiger partial charge in [-0.05, 0) is 23.3 Å². The Morgan fingerprint density at radius 1 is 0.964 bits per heavy atom. The Labute approximate surface area is 161 Å². The summed E-state index contributed by atoms with van der Waals surface area (Å²) in [6.07, 6.45) is 0.891. The van der Waals surface area contributed by atoms with Crippen molar-refractivity contribution in [3.63, 3.8) is 0 Å². The van der Waals surface area contributed by atoms with Gasteiger partial charge in [-0.3, -0.25) is 0 Å². The molecule has 28 heavy (non-hydrogen) atoms. The molecule has 0 aliphatic heterocycles. The summed E-state index contributed by atoms with van der Waals surface area (Å²) in [5, 5.41) is 15.7. The smallest absolute Gasteiger partial charge is 0.232 e. The third-order valence-corrected chi connectivity index (χ3v) is 4.11. The van der Waals surface area contributed by atoms with E-state index >= 15 is 0 Å². The molecule has 3 N–H and O–H groups in total. The molecule has 0 fully saturated rings. The predicted octanol–water partition coefficient (Wildman–Crippen LogP) is 2.46. The van der Waals surface area contributed by atoms with Crippen molar-refractivity contribution in [2.24, 2.45) is 0 Å². The summed E-state index contributed by atoms with van der Waals surface area (Å²) in [5.74, 6) is 1.50. The Morgan fingerprint density at radius 3 is 2.57 bits per heavy atom. The van der Waals surface area contributed by atoms with Gasteiger partial charge in [0.25, 0.3) is 0 Å². The van der Waals surface area contributed by atoms with Gasteiger partial charge in [-0.1, -0.05) is 55.5 Å². The van der Waals surface area contributed by atoms with E-state index in [1.54, 1.807) is 0 Å². The van der Waals surface area contributed by atoms with Crippen LogP contribution >= 0.6 is 0 Å². The minimum Gasteiger partial charge on any atom is -0.368 e. The number of aromatic nitrogens is 7. The van der Waals surface area contributed by atoms with Crippen LogP contribution in [0.1, 0.15) is 18.3 Å². The number of nitrogens with zero attached hydrogens (tertiary/aromatic N) is 7. The lowest BCUT2D eigenvalue weighted by Gasteiger charge is -2.10. The van der Waals surface area contributed by atoms with E-state index in [9.17, 15) is 0 Å². The first-order chi connectivity index (χ1) is 13.7. The first-order valence-electron chi connectivity index (χ1n) is 8.90. The van der Waals surface area contributed by atoms with Gasteiger partial charge in [0.15, 0.2) is 5.82 Å². The van der Waals surface area contributed by atoms with Crippen molar-refractivity contribution in [3.05, 3.63) is 66.0 Å². The molecule has 4 aromatic rings. The zero-order valence-electron chi connectivity index (χ0n) is 15.3. The van der Waals surface area contributed by atoms with Crippen molar-refractivity contribution in [2.45, 2.75) is 19.9 Å². The fourth-order valence-electron chi connectivity index (χ4n) is 2.78. The first kappa shape index (κ1) is 17.5. The van der Waals surface area contributed by atoms with Gasteiger partial charge in [0, 0.05) is 11.3 Å². The van der Waals surface area contributed by atoms with Crippen molar-refractivity contribution in [1.82, 2.24) is 35.2 Å². The molecule has 0 saturated carbocycles. The van der Waals surface area contributed by atoms with E-state index < -0.39 is 0 Å². The zero-order valence-corrected chi connectivity index (χ0v) is 15.3. The second-order valence-electron chi connectivity index (χ2n) is 6.08. The molecule has 0 amide bonds. The number of hydrogen-bond donors (Lipinski definition) is 2. The number of nitrogens with two attached hydrogens (primary N) is 1. The van der Waals surface area contributed by atoms with E-state index in [1.807, 2.05) is 48.5 Å². The third-order valence-electron chi connectivity index (χ3n) is 4.11. The summed E-state index contributed by atoms with van der Waals surface area (Å²) in [6.45, 7) is 2.32. The Hall–Kier alpha value is -3.88. The Bertz CT molecular complexity index is 1080. The Morgan fingerprint density at radius 2 is 1.75 bits per heavy atom. The highest BCUT2D eigenvalue weighted by Gasteiger charge is 2.10. The number of nitrogen functional groups attached to an aromatic ring is 1. The Balaban J connectivity index is 1.55. The van der Waals surface area contributed by atoms with Crippen LogP contribution in [0.25, 0.3) is 11.4 Å². The fraction of sp³-hybridized carbons (Fsp3) is 0.158. The maximum atomic E-state index is 5.87. The maximum absolute atomic E-state index is 5.87. The summed E-state index contributed by atoms with van der Waals surface area (Å²) in [4.78, 5) is 14.2. The number of para-hydroxylation sites is 1. The van der Waals surface area contributed by atoms with Crippen molar-refractivity contribution >= 4 is 17.6 Å². The number of aryl methyl sites for hydroxylation is 1. The standard InChI is InChI=1S/C19H19N9/c1-2-13-8-6-7-11-15(13)21-19-23-16(22-18(20)24-19)12-28-26-17(25-27-28)14-9-4-3-5-10-14/h3-11H,2,12H2,1H3,(H3,20,21,22,23,24). The third kappa shape index (κ3) is 3.93. The summed E-state index contributed by atoms with van der Waals surface area (Å²) in [6, 6.07) is 17.6. The summed E-state index contributed by atoms with van der Waals surface area (Å²) >= 11 is 0. The van der Waals surface area contributed by atoms with Gasteiger partial charge in [0.1, 0.15) is 6.54 Å². The molecule has 0 radical (unpaired) electrons. The minimum absolute atomic E-state index is 0.130. The highest BCUT2D eigenvalue weighted by Crippen LogP contribution is 2.19. The van der Waals surface area contributed by atoms with Crippen LogP contribution in [0, 0.1) is 0 Å². The van der Waals surface area contributed by atoms with Crippen molar-refractivity contribution in [2.75, 3.05) is 11.1 Å². The van der Waals surface area contributed by atoms with Crippen LogP contribution in [-0.2, 0) is 13.0 Å². The molecule has 9 heteroatoms. The molecule has 0 bridgehead atoms. The second-order valence-corrected chi connectivity index (χ2v) is 6.08. The molecular weight excluding hydrogens is 354 g/mol. The fourth-order valence-corrected chi connectivity index (χ4v) is 2.78. The van der Waals surface area contributed by atoms with E-state index in [4.69, 9.17) is 5.73 Å². The zero-order chi connectivity index (χ0) is 19.3. The predicted molar refractivity (Wildman–Crippen MR) is 106 cm³/mol. The highest BCUT2D eigenvalue weighted by atomic mass is 15.6. The van der Waals surface area contributed by atoms with E-state index in [0.717, 1.165) is 23.2 Å². The monoisotopic (exact) mass is 373 g/mol. The van der Waals surface area contributed by atoms with E-state index in [2.05, 4.69) is 48.7 Å². The van der Waals surface area contributed by atoms with Crippen LogP contribution in [0.5, 0.6) is 0 Å². The molecule has 0 aliphatic carbocycles. The molecule has 0 aliphatic rings. The molecule has 2 aromatic carbocycles. The molecule has 2 aromatic heterocycles. The van der Waals surface area contributed by atoms with Crippen LogP contribution in [0.4, 0.5) is 17.6 Å². The van der Waals surface area contributed by atoms with Crippen LogP contribution in [0.3, 0.4) is 0 Å². The average Bonchev–Trinajstić information content (AvgIpc) is 3.17. The normalized spacial score (nSPS) is 10.8. The molecule has 9 nitrogen and oxygen atoms in total. The second kappa shape index (κ2) is 7.78. The number of benzene rings is 2. The number of tetrazole rings is 1. The van der Waals surface area contributed by atoms with Crippen molar-refractivity contribution in [3.8, 4) is 11.4 Å². The number of nitrogens with one attached hydrogen (secondary N) is 1. The summed E-state index contributed by atoms with van der Waals surface area (Å²) < 4.78 is 0. The van der Waals surface area contributed by atoms with Crippen molar-refractivity contribution < 1.29 is 0 Å². The molecular formula is C19H19N9. The molecule has 140 valence electrons. The largest absolute Gasteiger partial charge is 0.368 e. The number of hydrogen-bond acceptors (Lipinski definition) is 8. The van der Waals surface area contributed by atoms with Gasteiger partial charge >= 0.3 is 0 Å². The van der Waals surface area contributed by atoms with Crippen LogP contribution in [0.2, 0.25) is 0 Å². The van der Waals surface area contributed by atoms with Gasteiger partial charge in [-0.15, -0.1) is 10.2 Å². The first-order valence-corrected chi connectivity index (χ1v) is 8.90. The van der Waals surface area contributed by atoms with Gasteiger partial charge in [-0.2, -0.15) is 19.7 Å². The molecule has 4 rings (SSSR count). The van der Waals surface area contributed by atoms with E-state index in [-0.39, 0.29) is 12.5 Å². The molecule has 0 atom stereocenters. The molecule has 0 spiro atoms. The molecule has 0 saturated heterocycles. The van der Waals surface area contributed by atoms with Gasteiger partial charge < -0.3 is 11.1 Å². The highest BCUT2D eigenvalue weighted by molar-refractivity contribution is 5.58. The maximum Gasteiger partial charge on any atom is 0.232 e. The SMILES string of the molecule is CCc1ccccc1Nc1nc(N)nc(Cn2nnc(-c3ccccc3)n2)n1. The topological polar surface area (TPSA) is 120 Å². The van der Waals surface area contributed by atoms with E-state index in [1.165, 1.54) is 4.80 Å². The van der Waals surface area contributed by atoms with Gasteiger partial charge in [-0.25, -0.2) is 0 Å². The summed E-state index contributed by atoms with van der Waals surface area (Å²) in [7, 11) is 0.